The Hall–Kier alpha value is -1.95. The van der Waals surface area contributed by atoms with Gasteiger partial charge >= 0.3 is 0 Å². The summed E-state index contributed by atoms with van der Waals surface area (Å²) in [6.07, 6.45) is 0. The van der Waals surface area contributed by atoms with Gasteiger partial charge in [0.05, 0.1) is 22.9 Å². The van der Waals surface area contributed by atoms with Crippen molar-refractivity contribution in [1.29, 1.82) is 0 Å². The number of nitrogens with one attached hydrogen (secondary N) is 1. The van der Waals surface area contributed by atoms with E-state index >= 15 is 0 Å². The van der Waals surface area contributed by atoms with Crippen molar-refractivity contribution in [2.24, 2.45) is 5.92 Å². The van der Waals surface area contributed by atoms with E-state index in [-0.39, 0.29) is 11.8 Å². The van der Waals surface area contributed by atoms with E-state index in [9.17, 15) is 9.00 Å². The minimum Gasteiger partial charge on any atom is -0.310 e. The maximum atomic E-state index is 12.0. The number of rotatable bonds is 3. The Labute approximate surface area is 125 Å². The molecule has 0 bridgehead atoms. The highest BCUT2D eigenvalue weighted by Gasteiger charge is 2.28. The molecule has 0 spiro atoms. The standard InChI is InChI=1S/C15H17N3O2S/c1-10(2)15(19)16-14-12-8-21(20)9-13(12)17-18(14)11-6-4-3-5-7-11/h3-7,10H,8-9H2,1-2H3,(H,16,19)/t21-/m0/s1. The number of anilines is 1. The molecule has 1 amide bonds. The monoisotopic (exact) mass is 303 g/mol. The second kappa shape index (κ2) is 5.44. The smallest absolute Gasteiger partial charge is 0.228 e. The van der Waals surface area contributed by atoms with Crippen LogP contribution < -0.4 is 5.32 Å². The maximum absolute atomic E-state index is 12.0. The molecule has 2 heterocycles. The lowest BCUT2D eigenvalue weighted by Gasteiger charge is -2.12. The van der Waals surface area contributed by atoms with Crippen LogP contribution in [0.15, 0.2) is 30.3 Å². The molecule has 1 aliphatic heterocycles. The normalized spacial score (nSPS) is 17.0. The summed E-state index contributed by atoms with van der Waals surface area (Å²) in [4.78, 5) is 12.0. The van der Waals surface area contributed by atoms with E-state index in [4.69, 9.17) is 0 Å². The molecule has 0 aliphatic carbocycles. The molecule has 5 nitrogen and oxygen atoms in total. The van der Waals surface area contributed by atoms with Gasteiger partial charge in [0.1, 0.15) is 5.82 Å². The molecule has 0 fully saturated rings. The van der Waals surface area contributed by atoms with Crippen molar-refractivity contribution >= 4 is 22.5 Å². The summed E-state index contributed by atoms with van der Waals surface area (Å²) < 4.78 is 13.5. The number of para-hydroxylation sites is 1. The third-order valence-electron chi connectivity index (χ3n) is 3.44. The van der Waals surface area contributed by atoms with E-state index in [0.717, 1.165) is 16.9 Å². The van der Waals surface area contributed by atoms with Crippen molar-refractivity contribution in [1.82, 2.24) is 9.78 Å². The number of hydrogen-bond acceptors (Lipinski definition) is 3. The van der Waals surface area contributed by atoms with Crippen molar-refractivity contribution in [3.8, 4) is 5.69 Å². The van der Waals surface area contributed by atoms with Crippen molar-refractivity contribution in [3.63, 3.8) is 0 Å². The lowest BCUT2D eigenvalue weighted by molar-refractivity contribution is -0.118. The first-order valence-corrected chi connectivity index (χ1v) is 8.37. The second-order valence-electron chi connectivity index (χ2n) is 5.39. The summed E-state index contributed by atoms with van der Waals surface area (Å²) in [7, 11) is -0.916. The molecular weight excluding hydrogens is 286 g/mol. The van der Waals surface area contributed by atoms with Gasteiger partial charge in [-0.2, -0.15) is 5.10 Å². The van der Waals surface area contributed by atoms with Crippen LogP contribution in [-0.4, -0.2) is 19.9 Å². The largest absolute Gasteiger partial charge is 0.310 e. The zero-order valence-electron chi connectivity index (χ0n) is 12.0. The van der Waals surface area contributed by atoms with E-state index < -0.39 is 10.8 Å². The average Bonchev–Trinajstić information content (AvgIpc) is 2.97. The van der Waals surface area contributed by atoms with Gasteiger partial charge in [-0.1, -0.05) is 32.0 Å². The van der Waals surface area contributed by atoms with E-state index in [2.05, 4.69) is 10.4 Å². The quantitative estimate of drug-likeness (QED) is 0.945. The third kappa shape index (κ3) is 2.63. The Kier molecular flexibility index (Phi) is 3.63. The Balaban J connectivity index is 2.07. The van der Waals surface area contributed by atoms with Crippen LogP contribution in [0.4, 0.5) is 5.82 Å². The van der Waals surface area contributed by atoms with Crippen LogP contribution in [0.25, 0.3) is 5.69 Å². The lowest BCUT2D eigenvalue weighted by atomic mass is 10.2. The highest BCUT2D eigenvalue weighted by molar-refractivity contribution is 7.83. The summed E-state index contributed by atoms with van der Waals surface area (Å²) in [5, 5.41) is 7.47. The molecular formula is C15H17N3O2S. The van der Waals surface area contributed by atoms with Crippen LogP contribution in [0.2, 0.25) is 0 Å². The van der Waals surface area contributed by atoms with Crippen molar-refractivity contribution in [2.75, 3.05) is 5.32 Å². The topological polar surface area (TPSA) is 64.0 Å². The zero-order chi connectivity index (χ0) is 15.0. The Morgan fingerprint density at radius 1 is 1.29 bits per heavy atom. The Bertz CT molecular complexity index is 707. The number of amides is 1. The fraction of sp³-hybridized carbons (Fsp3) is 0.333. The number of carbonyl (C=O) groups excluding carboxylic acids is 1. The van der Waals surface area contributed by atoms with E-state index in [1.54, 1.807) is 4.68 Å². The lowest BCUT2D eigenvalue weighted by Crippen LogP contribution is -2.21. The van der Waals surface area contributed by atoms with E-state index in [1.165, 1.54) is 0 Å². The molecule has 21 heavy (non-hydrogen) atoms. The first-order valence-electron chi connectivity index (χ1n) is 6.88. The SMILES string of the molecule is CC(C)C(=O)Nc1c2c(nn1-c1ccccc1)C[S@@](=O)C2. The van der Waals surface area contributed by atoms with Gasteiger partial charge in [-0.25, -0.2) is 4.68 Å². The van der Waals surface area contributed by atoms with Gasteiger partial charge in [0.2, 0.25) is 5.91 Å². The van der Waals surface area contributed by atoms with Gasteiger partial charge < -0.3 is 5.32 Å². The van der Waals surface area contributed by atoms with E-state index in [1.807, 2.05) is 44.2 Å². The molecule has 1 aromatic carbocycles. The minimum atomic E-state index is -0.916. The number of hydrogen-bond donors (Lipinski definition) is 1. The predicted molar refractivity (Wildman–Crippen MR) is 82.6 cm³/mol. The molecule has 1 aliphatic rings. The summed E-state index contributed by atoms with van der Waals surface area (Å²) in [6, 6.07) is 9.65. The minimum absolute atomic E-state index is 0.0624. The predicted octanol–water partition coefficient (Wildman–Crippen LogP) is 2.23. The third-order valence-corrected chi connectivity index (χ3v) is 4.64. The van der Waals surface area contributed by atoms with Gasteiger partial charge in [0.15, 0.2) is 0 Å². The number of nitrogens with zero attached hydrogens (tertiary/aromatic N) is 2. The Morgan fingerprint density at radius 2 is 2.00 bits per heavy atom. The van der Waals surface area contributed by atoms with Gasteiger partial charge in [0.25, 0.3) is 0 Å². The van der Waals surface area contributed by atoms with Crippen LogP contribution in [0.1, 0.15) is 25.1 Å². The molecule has 1 N–H and O–H groups in total. The molecule has 2 aromatic rings. The van der Waals surface area contributed by atoms with Crippen LogP contribution in [0, 0.1) is 5.92 Å². The number of aromatic nitrogens is 2. The van der Waals surface area contributed by atoms with Gasteiger partial charge in [-0.3, -0.25) is 9.00 Å². The molecule has 0 unspecified atom stereocenters. The summed E-state index contributed by atoms with van der Waals surface area (Å²) in [5.74, 6) is 1.38. The number of benzene rings is 1. The van der Waals surface area contributed by atoms with Crippen LogP contribution in [0.5, 0.6) is 0 Å². The first kappa shape index (κ1) is 14.0. The zero-order valence-corrected chi connectivity index (χ0v) is 12.8. The molecule has 0 radical (unpaired) electrons. The van der Waals surface area contributed by atoms with Crippen LogP contribution in [-0.2, 0) is 27.1 Å². The summed E-state index contributed by atoms with van der Waals surface area (Å²) in [6.45, 7) is 3.69. The highest BCUT2D eigenvalue weighted by Crippen LogP contribution is 2.31. The number of carbonyl (C=O) groups is 1. The average molecular weight is 303 g/mol. The maximum Gasteiger partial charge on any atom is 0.228 e. The Morgan fingerprint density at radius 3 is 2.67 bits per heavy atom. The molecule has 0 saturated heterocycles. The first-order chi connectivity index (χ1) is 10.1. The van der Waals surface area contributed by atoms with Crippen LogP contribution in [0.3, 0.4) is 0 Å². The molecule has 6 heteroatoms. The second-order valence-corrected chi connectivity index (χ2v) is 6.85. The van der Waals surface area contributed by atoms with Gasteiger partial charge in [-0.15, -0.1) is 0 Å². The molecule has 1 aromatic heterocycles. The molecule has 0 saturated carbocycles. The van der Waals surface area contributed by atoms with Crippen LogP contribution >= 0.6 is 0 Å². The number of fused-ring (bicyclic) bond motifs is 1. The fourth-order valence-electron chi connectivity index (χ4n) is 2.27. The van der Waals surface area contributed by atoms with Crippen molar-refractivity contribution < 1.29 is 9.00 Å². The molecule has 1 atom stereocenters. The summed E-state index contributed by atoms with van der Waals surface area (Å²) >= 11 is 0. The summed E-state index contributed by atoms with van der Waals surface area (Å²) in [5.41, 5.74) is 2.60. The van der Waals surface area contributed by atoms with Gasteiger partial charge in [0, 0.05) is 22.3 Å². The molecule has 110 valence electrons. The van der Waals surface area contributed by atoms with Crippen molar-refractivity contribution in [2.45, 2.75) is 25.4 Å². The van der Waals surface area contributed by atoms with Crippen molar-refractivity contribution in [3.05, 3.63) is 41.6 Å². The fourth-order valence-corrected chi connectivity index (χ4v) is 3.54. The van der Waals surface area contributed by atoms with E-state index in [0.29, 0.717) is 17.3 Å². The van der Waals surface area contributed by atoms with Gasteiger partial charge in [-0.05, 0) is 12.1 Å². The molecule has 3 rings (SSSR count). The highest BCUT2D eigenvalue weighted by atomic mass is 32.2.